The molecule has 0 atom stereocenters. The Balaban J connectivity index is 0.00000147. The molecule has 0 unspecified atom stereocenters. The summed E-state index contributed by atoms with van der Waals surface area (Å²) in [6, 6.07) is 10.3. The number of nitrogens with one attached hydrogen (secondary N) is 2. The second-order valence-electron chi connectivity index (χ2n) is 5.14. The number of aromatic amines is 1. The summed E-state index contributed by atoms with van der Waals surface area (Å²) in [6.07, 6.45) is 2.77. The third kappa shape index (κ3) is 2.94. The van der Waals surface area contributed by atoms with Crippen LogP contribution in [0.15, 0.2) is 39.6 Å². The van der Waals surface area contributed by atoms with Crippen LogP contribution >= 0.6 is 12.4 Å². The number of piperidine rings is 1. The van der Waals surface area contributed by atoms with Crippen LogP contribution in [-0.2, 0) is 11.8 Å². The zero-order chi connectivity index (χ0) is 13.1. The van der Waals surface area contributed by atoms with Crippen molar-refractivity contribution in [1.82, 2.24) is 15.5 Å². The van der Waals surface area contributed by atoms with Crippen molar-refractivity contribution in [2.24, 2.45) is 0 Å². The quantitative estimate of drug-likeness (QED) is 0.903. The van der Waals surface area contributed by atoms with Gasteiger partial charge in [-0.2, -0.15) is 0 Å². The second-order valence-corrected chi connectivity index (χ2v) is 5.14. The molecule has 2 N–H and O–H groups in total. The maximum atomic E-state index is 11.2. The number of benzene rings is 1. The zero-order valence-corrected chi connectivity index (χ0v) is 11.9. The van der Waals surface area contributed by atoms with Gasteiger partial charge in [-0.1, -0.05) is 35.5 Å². The van der Waals surface area contributed by atoms with Crippen molar-refractivity contribution in [1.29, 1.82) is 0 Å². The van der Waals surface area contributed by atoms with E-state index in [1.54, 1.807) is 0 Å². The van der Waals surface area contributed by atoms with Gasteiger partial charge in [-0.15, -0.1) is 12.4 Å². The smallest absolute Gasteiger partial charge is 0.317 e. The van der Waals surface area contributed by atoms with E-state index in [0.717, 1.165) is 32.4 Å². The first-order chi connectivity index (χ1) is 9.28. The van der Waals surface area contributed by atoms with Crippen LogP contribution in [0.3, 0.4) is 0 Å². The first-order valence-corrected chi connectivity index (χ1v) is 6.60. The van der Waals surface area contributed by atoms with Gasteiger partial charge in [-0.25, -0.2) is 4.79 Å². The molecule has 108 valence electrons. The fourth-order valence-corrected chi connectivity index (χ4v) is 2.85. The standard InChI is InChI=1S/C14H17N3O2.ClH/c18-13-16-12(17-19-13)14(6-8-15-9-7-14)10-11-4-2-1-3-5-11;/h1-5,15H,6-10H2,(H,16,17,18);1H. The second kappa shape index (κ2) is 6.24. The maximum absolute atomic E-state index is 11.2. The van der Waals surface area contributed by atoms with Gasteiger partial charge in [-0.3, -0.25) is 9.51 Å². The summed E-state index contributed by atoms with van der Waals surface area (Å²) in [7, 11) is 0. The van der Waals surface area contributed by atoms with Crippen molar-refractivity contribution in [3.63, 3.8) is 0 Å². The third-order valence-corrected chi connectivity index (χ3v) is 3.89. The molecule has 0 spiro atoms. The molecular weight excluding hydrogens is 278 g/mol. The molecule has 0 aliphatic carbocycles. The van der Waals surface area contributed by atoms with E-state index in [0.29, 0.717) is 5.82 Å². The monoisotopic (exact) mass is 295 g/mol. The van der Waals surface area contributed by atoms with E-state index in [-0.39, 0.29) is 17.8 Å². The lowest BCUT2D eigenvalue weighted by Gasteiger charge is -2.35. The zero-order valence-electron chi connectivity index (χ0n) is 11.1. The highest BCUT2D eigenvalue weighted by Crippen LogP contribution is 2.34. The van der Waals surface area contributed by atoms with Gasteiger partial charge in [-0.05, 0) is 37.9 Å². The molecule has 1 saturated heterocycles. The molecule has 5 nitrogen and oxygen atoms in total. The molecule has 3 rings (SSSR count). The normalized spacial score (nSPS) is 17.4. The van der Waals surface area contributed by atoms with Gasteiger partial charge in [0.2, 0.25) is 0 Å². The molecule has 0 amide bonds. The van der Waals surface area contributed by atoms with Crippen LogP contribution in [0.25, 0.3) is 0 Å². The summed E-state index contributed by atoms with van der Waals surface area (Å²) in [5.74, 6) is 0.212. The number of hydrogen-bond acceptors (Lipinski definition) is 4. The van der Waals surface area contributed by atoms with Gasteiger partial charge < -0.3 is 5.32 Å². The number of halogens is 1. The molecule has 0 radical (unpaired) electrons. The molecule has 2 aromatic rings. The minimum absolute atomic E-state index is 0. The molecular formula is C14H18ClN3O2. The van der Waals surface area contributed by atoms with Crippen molar-refractivity contribution in [3.8, 4) is 0 Å². The van der Waals surface area contributed by atoms with Gasteiger partial charge in [0.15, 0.2) is 5.82 Å². The van der Waals surface area contributed by atoms with E-state index < -0.39 is 5.76 Å². The predicted octanol–water partition coefficient (Wildman–Crippen LogP) is 1.65. The highest BCUT2D eigenvalue weighted by molar-refractivity contribution is 5.85. The summed E-state index contributed by atoms with van der Waals surface area (Å²) >= 11 is 0. The molecule has 1 aromatic heterocycles. The number of nitrogens with zero attached hydrogens (tertiary/aromatic N) is 1. The van der Waals surface area contributed by atoms with Crippen molar-refractivity contribution < 1.29 is 4.52 Å². The summed E-state index contributed by atoms with van der Waals surface area (Å²) in [5.41, 5.74) is 1.13. The lowest BCUT2D eigenvalue weighted by atomic mass is 9.73. The molecule has 6 heteroatoms. The van der Waals surface area contributed by atoms with E-state index in [4.69, 9.17) is 4.52 Å². The lowest BCUT2D eigenvalue weighted by molar-refractivity contribution is 0.275. The molecule has 0 saturated carbocycles. The van der Waals surface area contributed by atoms with E-state index >= 15 is 0 Å². The van der Waals surface area contributed by atoms with Crippen LogP contribution in [0.4, 0.5) is 0 Å². The Morgan fingerprint density at radius 1 is 1.20 bits per heavy atom. The van der Waals surface area contributed by atoms with E-state index in [1.807, 2.05) is 18.2 Å². The summed E-state index contributed by atoms with van der Waals surface area (Å²) in [6.45, 7) is 1.86. The maximum Gasteiger partial charge on any atom is 0.438 e. The molecule has 20 heavy (non-hydrogen) atoms. The SMILES string of the molecule is Cl.O=c1[nH]c(C2(Cc3ccccc3)CCNCC2)no1. The van der Waals surface area contributed by atoms with Gasteiger partial charge in [0.05, 0.1) is 0 Å². The number of H-pyrrole nitrogens is 1. The van der Waals surface area contributed by atoms with Crippen LogP contribution in [0, 0.1) is 0 Å². The number of rotatable bonds is 3. The summed E-state index contributed by atoms with van der Waals surface area (Å²) in [5, 5.41) is 7.29. The Bertz CT molecular complexity index is 588. The highest BCUT2D eigenvalue weighted by atomic mass is 35.5. The van der Waals surface area contributed by atoms with Gasteiger partial charge in [0, 0.05) is 5.41 Å². The van der Waals surface area contributed by atoms with E-state index in [9.17, 15) is 4.79 Å². The molecule has 1 aliphatic rings. The van der Waals surface area contributed by atoms with Crippen LogP contribution < -0.4 is 11.1 Å². The fourth-order valence-electron chi connectivity index (χ4n) is 2.85. The highest BCUT2D eigenvalue weighted by Gasteiger charge is 2.37. The Morgan fingerprint density at radius 2 is 1.90 bits per heavy atom. The lowest BCUT2D eigenvalue weighted by Crippen LogP contribution is -2.42. The third-order valence-electron chi connectivity index (χ3n) is 3.89. The molecule has 0 bridgehead atoms. The molecule has 1 aromatic carbocycles. The fraction of sp³-hybridized carbons (Fsp3) is 0.429. The van der Waals surface area contributed by atoms with Gasteiger partial charge in [0.1, 0.15) is 0 Å². The van der Waals surface area contributed by atoms with Gasteiger partial charge in [0.25, 0.3) is 0 Å². The summed E-state index contributed by atoms with van der Waals surface area (Å²) < 4.78 is 4.70. The van der Waals surface area contributed by atoms with Crippen LogP contribution in [0.2, 0.25) is 0 Å². The topological polar surface area (TPSA) is 70.9 Å². The van der Waals surface area contributed by atoms with Crippen molar-refractivity contribution in [2.75, 3.05) is 13.1 Å². The average Bonchev–Trinajstić information content (AvgIpc) is 2.88. The van der Waals surface area contributed by atoms with Crippen molar-refractivity contribution in [3.05, 3.63) is 52.3 Å². The van der Waals surface area contributed by atoms with Crippen LogP contribution in [0.5, 0.6) is 0 Å². The van der Waals surface area contributed by atoms with Crippen molar-refractivity contribution in [2.45, 2.75) is 24.7 Å². The number of hydrogen-bond donors (Lipinski definition) is 2. The first-order valence-electron chi connectivity index (χ1n) is 6.60. The minimum Gasteiger partial charge on any atom is -0.317 e. The average molecular weight is 296 g/mol. The van der Waals surface area contributed by atoms with E-state index in [1.165, 1.54) is 5.56 Å². The largest absolute Gasteiger partial charge is 0.438 e. The van der Waals surface area contributed by atoms with Crippen LogP contribution in [0.1, 0.15) is 24.2 Å². The molecule has 2 heterocycles. The van der Waals surface area contributed by atoms with Crippen molar-refractivity contribution >= 4 is 12.4 Å². The minimum atomic E-state index is -0.471. The predicted molar refractivity (Wildman–Crippen MR) is 78.3 cm³/mol. The Labute approximate surface area is 123 Å². The van der Waals surface area contributed by atoms with Crippen LogP contribution in [-0.4, -0.2) is 23.2 Å². The Hall–Kier alpha value is -1.59. The first kappa shape index (κ1) is 14.8. The summed E-state index contributed by atoms with van der Waals surface area (Å²) in [4.78, 5) is 14.0. The number of aromatic nitrogens is 2. The van der Waals surface area contributed by atoms with E-state index in [2.05, 4.69) is 27.6 Å². The molecule has 1 fully saturated rings. The molecule has 1 aliphatic heterocycles. The van der Waals surface area contributed by atoms with Gasteiger partial charge >= 0.3 is 5.76 Å². The Kier molecular flexibility index (Phi) is 4.62. The Morgan fingerprint density at radius 3 is 2.50 bits per heavy atom.